The van der Waals surface area contributed by atoms with E-state index < -0.39 is 5.97 Å². The van der Waals surface area contributed by atoms with Gasteiger partial charge in [-0.25, -0.2) is 0 Å². The number of carbonyl (C=O) groups excluding carboxylic acids is 1. The van der Waals surface area contributed by atoms with Crippen molar-refractivity contribution in [2.45, 2.75) is 13.5 Å². The average Bonchev–Trinajstić information content (AvgIpc) is 3.28. The van der Waals surface area contributed by atoms with Gasteiger partial charge in [-0.3, -0.25) is 4.79 Å². The first kappa shape index (κ1) is 21.0. The fourth-order valence-corrected chi connectivity index (χ4v) is 3.70. The Bertz CT molecular complexity index is 1220. The molecule has 3 aromatic carbocycles. The Morgan fingerprint density at radius 1 is 0.968 bits per heavy atom. The van der Waals surface area contributed by atoms with Crippen LogP contribution in [0, 0.1) is 6.92 Å². The fraction of sp³-hybridized carbons (Fsp3) is 0.125. The van der Waals surface area contributed by atoms with E-state index in [0.29, 0.717) is 11.8 Å². The maximum atomic E-state index is 11.3. The lowest BCUT2D eigenvalue weighted by molar-refractivity contribution is -0.143. The molecule has 31 heavy (non-hydrogen) atoms. The van der Waals surface area contributed by atoms with Crippen LogP contribution < -0.4 is 5.73 Å². The molecular formula is C24H20BrN3O3. The number of esters is 1. The van der Waals surface area contributed by atoms with Crippen LogP contribution in [0.1, 0.15) is 11.1 Å². The average molecular weight is 478 g/mol. The Morgan fingerprint density at radius 2 is 1.68 bits per heavy atom. The lowest BCUT2D eigenvalue weighted by atomic mass is 9.96. The molecule has 0 unspecified atom stereocenters. The molecule has 0 radical (unpaired) electrons. The van der Waals surface area contributed by atoms with Crippen molar-refractivity contribution in [2.75, 3.05) is 6.54 Å². The zero-order valence-electron chi connectivity index (χ0n) is 16.8. The summed E-state index contributed by atoms with van der Waals surface area (Å²) in [5.41, 5.74) is 11.0. The topological polar surface area (TPSA) is 91.2 Å². The Kier molecular flexibility index (Phi) is 6.25. The Hall–Kier alpha value is -3.29. The monoisotopic (exact) mass is 477 g/mol. The summed E-state index contributed by atoms with van der Waals surface area (Å²) in [5.74, 6) is 0.355. The molecule has 0 atom stereocenters. The van der Waals surface area contributed by atoms with Gasteiger partial charge in [-0.05, 0) is 63.3 Å². The van der Waals surface area contributed by atoms with Crippen LogP contribution in [0.4, 0.5) is 0 Å². The van der Waals surface area contributed by atoms with Crippen molar-refractivity contribution in [3.05, 3.63) is 82.3 Å². The molecule has 0 aliphatic carbocycles. The molecule has 0 fully saturated rings. The van der Waals surface area contributed by atoms with Crippen molar-refractivity contribution in [3.8, 4) is 34.0 Å². The summed E-state index contributed by atoms with van der Waals surface area (Å²) < 4.78 is 11.9. The van der Waals surface area contributed by atoms with Gasteiger partial charge in [0.05, 0.1) is 12.1 Å². The molecule has 0 spiro atoms. The second kappa shape index (κ2) is 9.24. The number of rotatable bonds is 6. The summed E-state index contributed by atoms with van der Waals surface area (Å²) in [5, 5.41) is 8.52. The summed E-state index contributed by atoms with van der Waals surface area (Å²) in [4.78, 5) is 11.3. The maximum absolute atomic E-state index is 11.3. The lowest BCUT2D eigenvalue weighted by Crippen LogP contribution is -2.16. The molecule has 156 valence electrons. The van der Waals surface area contributed by atoms with Crippen molar-refractivity contribution in [3.63, 3.8) is 0 Å². The SMILES string of the molecule is Cc1c(-c2ccccc2)cccc1-c1nnc(-c2cc(COC(=O)CN)ccc2Br)o1. The first-order valence-corrected chi connectivity index (χ1v) is 10.5. The number of carbonyl (C=O) groups is 1. The molecule has 0 aliphatic heterocycles. The van der Waals surface area contributed by atoms with Gasteiger partial charge in [0.25, 0.3) is 0 Å². The molecule has 4 aromatic rings. The third kappa shape index (κ3) is 4.57. The number of nitrogens with zero attached hydrogens (tertiary/aromatic N) is 2. The van der Waals surface area contributed by atoms with Crippen LogP contribution in [-0.4, -0.2) is 22.7 Å². The van der Waals surface area contributed by atoms with E-state index in [9.17, 15) is 4.79 Å². The maximum Gasteiger partial charge on any atom is 0.320 e. The molecule has 2 N–H and O–H groups in total. The number of hydrogen-bond acceptors (Lipinski definition) is 6. The summed E-state index contributed by atoms with van der Waals surface area (Å²) >= 11 is 3.53. The number of benzene rings is 3. The molecule has 6 nitrogen and oxygen atoms in total. The highest BCUT2D eigenvalue weighted by Gasteiger charge is 2.17. The smallest absolute Gasteiger partial charge is 0.320 e. The first-order chi connectivity index (χ1) is 15.1. The lowest BCUT2D eigenvalue weighted by Gasteiger charge is -2.09. The van der Waals surface area contributed by atoms with Crippen molar-refractivity contribution in [2.24, 2.45) is 5.73 Å². The molecule has 0 amide bonds. The van der Waals surface area contributed by atoms with Crippen molar-refractivity contribution in [1.82, 2.24) is 10.2 Å². The molecule has 0 aliphatic rings. The van der Waals surface area contributed by atoms with Crippen LogP contribution in [0.2, 0.25) is 0 Å². The molecule has 4 rings (SSSR count). The zero-order chi connectivity index (χ0) is 21.8. The standard InChI is InChI=1S/C24H20BrN3O3/c1-15-18(17-6-3-2-4-7-17)8-5-9-19(15)23-27-28-24(31-23)20-12-16(10-11-21(20)25)14-30-22(29)13-26/h2-12H,13-14,26H2,1H3. The summed E-state index contributed by atoms with van der Waals surface area (Å²) in [7, 11) is 0. The van der Waals surface area contributed by atoms with Gasteiger partial charge in [0, 0.05) is 10.0 Å². The number of aromatic nitrogens is 2. The second-order valence-corrected chi connectivity index (χ2v) is 7.79. The second-order valence-electron chi connectivity index (χ2n) is 6.94. The molecule has 1 aromatic heterocycles. The minimum Gasteiger partial charge on any atom is -0.460 e. The largest absolute Gasteiger partial charge is 0.460 e. The highest BCUT2D eigenvalue weighted by Crippen LogP contribution is 2.34. The van der Waals surface area contributed by atoms with Crippen LogP contribution in [0.15, 0.2) is 75.6 Å². The highest BCUT2D eigenvalue weighted by atomic mass is 79.9. The number of ether oxygens (including phenoxy) is 1. The van der Waals surface area contributed by atoms with Crippen molar-refractivity contribution in [1.29, 1.82) is 0 Å². The van der Waals surface area contributed by atoms with Crippen LogP contribution in [-0.2, 0) is 16.1 Å². The van der Waals surface area contributed by atoms with E-state index in [2.05, 4.69) is 44.3 Å². The van der Waals surface area contributed by atoms with Crippen LogP contribution in [0.5, 0.6) is 0 Å². The Labute approximate surface area is 188 Å². The predicted molar refractivity (Wildman–Crippen MR) is 122 cm³/mol. The molecule has 0 saturated carbocycles. The zero-order valence-corrected chi connectivity index (χ0v) is 18.4. The van der Waals surface area contributed by atoms with Gasteiger partial charge in [-0.15, -0.1) is 10.2 Å². The van der Waals surface area contributed by atoms with E-state index in [1.165, 1.54) is 0 Å². The van der Waals surface area contributed by atoms with E-state index >= 15 is 0 Å². The minimum absolute atomic E-state index is 0.121. The predicted octanol–water partition coefficient (Wildman–Crippen LogP) is 5.14. The Morgan fingerprint density at radius 3 is 2.42 bits per heavy atom. The van der Waals surface area contributed by atoms with E-state index in [4.69, 9.17) is 14.9 Å². The first-order valence-electron chi connectivity index (χ1n) is 9.70. The van der Waals surface area contributed by atoms with Gasteiger partial charge in [0.15, 0.2) is 0 Å². The molecular weight excluding hydrogens is 458 g/mol. The summed E-state index contributed by atoms with van der Waals surface area (Å²) in [6, 6.07) is 21.8. The quantitative estimate of drug-likeness (QED) is 0.386. The van der Waals surface area contributed by atoms with E-state index in [1.54, 1.807) is 0 Å². The van der Waals surface area contributed by atoms with Crippen LogP contribution >= 0.6 is 15.9 Å². The fourth-order valence-electron chi connectivity index (χ4n) is 3.29. The van der Waals surface area contributed by atoms with Gasteiger partial charge in [0.1, 0.15) is 6.61 Å². The Balaban J connectivity index is 1.66. The third-order valence-corrected chi connectivity index (χ3v) is 5.59. The highest BCUT2D eigenvalue weighted by molar-refractivity contribution is 9.10. The normalized spacial score (nSPS) is 10.8. The number of halogens is 1. The minimum atomic E-state index is -0.460. The molecule has 7 heteroatoms. The van der Waals surface area contributed by atoms with Gasteiger partial charge >= 0.3 is 5.97 Å². The molecule has 1 heterocycles. The summed E-state index contributed by atoms with van der Waals surface area (Å²) in [6.07, 6.45) is 0. The van der Waals surface area contributed by atoms with Crippen molar-refractivity contribution < 1.29 is 13.9 Å². The van der Waals surface area contributed by atoms with Crippen LogP contribution in [0.3, 0.4) is 0 Å². The summed E-state index contributed by atoms with van der Waals surface area (Å²) in [6.45, 7) is 2.01. The number of nitrogens with two attached hydrogens (primary N) is 1. The van der Waals surface area contributed by atoms with Gasteiger partial charge in [0.2, 0.25) is 11.8 Å². The van der Waals surface area contributed by atoms with Crippen molar-refractivity contribution >= 4 is 21.9 Å². The number of hydrogen-bond donors (Lipinski definition) is 1. The van der Waals surface area contributed by atoms with Gasteiger partial charge < -0.3 is 14.9 Å². The van der Waals surface area contributed by atoms with Gasteiger partial charge in [-0.2, -0.15) is 0 Å². The van der Waals surface area contributed by atoms with E-state index in [-0.39, 0.29) is 13.2 Å². The van der Waals surface area contributed by atoms with E-state index in [1.807, 2.05) is 55.5 Å². The van der Waals surface area contributed by atoms with E-state index in [0.717, 1.165) is 37.9 Å². The van der Waals surface area contributed by atoms with Crippen LogP contribution in [0.25, 0.3) is 34.0 Å². The van der Waals surface area contributed by atoms with Gasteiger partial charge in [-0.1, -0.05) is 48.5 Å². The molecule has 0 bridgehead atoms. The molecule has 0 saturated heterocycles. The third-order valence-electron chi connectivity index (χ3n) is 4.90.